The first kappa shape index (κ1) is 22.3. The molecule has 0 amide bonds. The second-order valence-corrected chi connectivity index (χ2v) is 10.3. The number of anilines is 1. The normalized spacial score (nSPS) is 14.9. The molecule has 34 heavy (non-hydrogen) atoms. The standard InChI is InChI=1S/C23H20ClN7O2S/c1-15-2-4-18(10-19(15)24)34(32,33)31-8-6-30(7-9-31)20-5-3-16(12-26-20)22-21-17(11-25)13-27-23(21)29-14-28-22/h2-5,10,12-14H,6-9H2,1H3,(H,27,28,29). The van der Waals surface area contributed by atoms with Gasteiger partial charge < -0.3 is 9.88 Å². The molecule has 172 valence electrons. The Kier molecular flexibility index (Phi) is 5.69. The molecule has 1 aliphatic heterocycles. The van der Waals surface area contributed by atoms with Crippen LogP contribution < -0.4 is 4.90 Å². The molecule has 1 saturated heterocycles. The van der Waals surface area contributed by atoms with Crippen LogP contribution in [-0.4, -0.2) is 58.8 Å². The molecule has 0 aliphatic carbocycles. The van der Waals surface area contributed by atoms with E-state index >= 15 is 0 Å². The number of hydrogen-bond donors (Lipinski definition) is 1. The summed E-state index contributed by atoms with van der Waals surface area (Å²) in [5.41, 5.74) is 3.31. The number of nitrogens with one attached hydrogen (secondary N) is 1. The Morgan fingerprint density at radius 3 is 2.56 bits per heavy atom. The van der Waals surface area contributed by atoms with E-state index in [1.165, 1.54) is 16.7 Å². The Bertz CT molecular complexity index is 1520. The van der Waals surface area contributed by atoms with E-state index in [0.29, 0.717) is 53.5 Å². The largest absolute Gasteiger partial charge is 0.354 e. The van der Waals surface area contributed by atoms with E-state index < -0.39 is 10.0 Å². The topological polar surface area (TPSA) is 119 Å². The maximum atomic E-state index is 13.0. The van der Waals surface area contributed by atoms with Crippen LogP contribution in [0.25, 0.3) is 22.3 Å². The third-order valence-corrected chi connectivity index (χ3v) is 8.26. The molecule has 4 aromatic rings. The van der Waals surface area contributed by atoms with Crippen molar-refractivity contribution in [3.63, 3.8) is 0 Å². The maximum Gasteiger partial charge on any atom is 0.243 e. The number of pyridine rings is 1. The van der Waals surface area contributed by atoms with Crippen molar-refractivity contribution >= 4 is 38.5 Å². The second-order valence-electron chi connectivity index (χ2n) is 7.97. The van der Waals surface area contributed by atoms with Crippen LogP contribution in [0.1, 0.15) is 11.1 Å². The quantitative estimate of drug-likeness (QED) is 0.463. The van der Waals surface area contributed by atoms with Crippen molar-refractivity contribution < 1.29 is 8.42 Å². The zero-order valence-electron chi connectivity index (χ0n) is 18.2. The van der Waals surface area contributed by atoms with Gasteiger partial charge in [0.15, 0.2) is 0 Å². The van der Waals surface area contributed by atoms with Gasteiger partial charge >= 0.3 is 0 Å². The molecule has 0 spiro atoms. The lowest BCUT2D eigenvalue weighted by molar-refractivity contribution is 0.384. The molecule has 1 aliphatic rings. The fourth-order valence-electron chi connectivity index (χ4n) is 4.02. The van der Waals surface area contributed by atoms with Gasteiger partial charge in [-0.3, -0.25) is 0 Å². The van der Waals surface area contributed by atoms with Crippen molar-refractivity contribution in [1.82, 2.24) is 24.2 Å². The van der Waals surface area contributed by atoms with Crippen LogP contribution in [0, 0.1) is 18.3 Å². The molecule has 0 unspecified atom stereocenters. The van der Waals surface area contributed by atoms with Crippen LogP contribution in [0.4, 0.5) is 5.82 Å². The van der Waals surface area contributed by atoms with Crippen LogP contribution in [0.5, 0.6) is 0 Å². The minimum atomic E-state index is -3.61. The Morgan fingerprint density at radius 2 is 1.88 bits per heavy atom. The number of rotatable bonds is 4. The van der Waals surface area contributed by atoms with Gasteiger partial charge in [-0.2, -0.15) is 9.57 Å². The van der Waals surface area contributed by atoms with E-state index in [2.05, 4.69) is 26.0 Å². The first-order valence-electron chi connectivity index (χ1n) is 10.6. The molecule has 0 atom stereocenters. The number of aromatic nitrogens is 4. The van der Waals surface area contributed by atoms with Crippen molar-refractivity contribution in [2.45, 2.75) is 11.8 Å². The predicted molar refractivity (Wildman–Crippen MR) is 129 cm³/mol. The summed E-state index contributed by atoms with van der Waals surface area (Å²) in [4.78, 5) is 18.3. The number of nitriles is 1. The predicted octanol–water partition coefficient (Wildman–Crippen LogP) is 3.36. The highest BCUT2D eigenvalue weighted by molar-refractivity contribution is 7.89. The van der Waals surface area contributed by atoms with Crippen molar-refractivity contribution in [2.24, 2.45) is 0 Å². The summed E-state index contributed by atoms with van der Waals surface area (Å²) in [6.45, 7) is 3.56. The van der Waals surface area contributed by atoms with E-state index in [-0.39, 0.29) is 4.90 Å². The number of piperazine rings is 1. The van der Waals surface area contributed by atoms with E-state index in [0.717, 1.165) is 16.9 Å². The van der Waals surface area contributed by atoms with E-state index in [1.54, 1.807) is 24.5 Å². The number of fused-ring (bicyclic) bond motifs is 1. The van der Waals surface area contributed by atoms with Gasteiger partial charge in [0.2, 0.25) is 10.0 Å². The number of aromatic amines is 1. The Morgan fingerprint density at radius 1 is 1.09 bits per heavy atom. The molecule has 0 bridgehead atoms. The minimum absolute atomic E-state index is 0.205. The van der Waals surface area contributed by atoms with Crippen molar-refractivity contribution in [1.29, 1.82) is 5.26 Å². The van der Waals surface area contributed by atoms with Gasteiger partial charge in [0, 0.05) is 49.2 Å². The fraction of sp³-hybridized carbons (Fsp3) is 0.217. The number of aryl methyl sites for hydroxylation is 1. The molecule has 3 aromatic heterocycles. The molecule has 1 fully saturated rings. The van der Waals surface area contributed by atoms with Crippen molar-refractivity contribution in [3.8, 4) is 17.3 Å². The summed E-state index contributed by atoms with van der Waals surface area (Å²) in [5, 5.41) is 10.5. The van der Waals surface area contributed by atoms with Crippen LogP contribution in [-0.2, 0) is 10.0 Å². The Balaban J connectivity index is 1.32. The van der Waals surface area contributed by atoms with Gasteiger partial charge in [0.25, 0.3) is 0 Å². The zero-order valence-corrected chi connectivity index (χ0v) is 19.8. The number of hydrogen-bond acceptors (Lipinski definition) is 7. The molecule has 0 saturated carbocycles. The molecule has 9 nitrogen and oxygen atoms in total. The number of halogens is 1. The Labute approximate surface area is 201 Å². The summed E-state index contributed by atoms with van der Waals surface area (Å²) in [6, 6.07) is 10.8. The third-order valence-electron chi connectivity index (χ3n) is 5.96. The smallest absolute Gasteiger partial charge is 0.243 e. The second kappa shape index (κ2) is 8.68. The lowest BCUT2D eigenvalue weighted by Crippen LogP contribution is -2.48. The van der Waals surface area contributed by atoms with E-state index in [1.807, 2.05) is 24.0 Å². The first-order chi connectivity index (χ1) is 16.4. The van der Waals surface area contributed by atoms with Gasteiger partial charge in [-0.1, -0.05) is 17.7 Å². The third kappa shape index (κ3) is 3.88. The fourth-order valence-corrected chi connectivity index (χ4v) is 5.72. The zero-order chi connectivity index (χ0) is 23.9. The summed E-state index contributed by atoms with van der Waals surface area (Å²) < 4.78 is 27.5. The van der Waals surface area contributed by atoms with E-state index in [9.17, 15) is 13.7 Å². The average molecular weight is 494 g/mol. The van der Waals surface area contributed by atoms with Gasteiger partial charge in [-0.25, -0.2) is 23.4 Å². The SMILES string of the molecule is Cc1ccc(S(=O)(=O)N2CCN(c3ccc(-c4ncnc5[nH]cc(C#N)c45)cn3)CC2)cc1Cl. The highest BCUT2D eigenvalue weighted by Gasteiger charge is 2.29. The summed E-state index contributed by atoms with van der Waals surface area (Å²) in [5.74, 6) is 0.749. The van der Waals surface area contributed by atoms with Gasteiger partial charge in [0.1, 0.15) is 23.9 Å². The van der Waals surface area contributed by atoms with Crippen molar-refractivity contribution in [2.75, 3.05) is 31.1 Å². The lowest BCUT2D eigenvalue weighted by atomic mass is 10.1. The van der Waals surface area contributed by atoms with Crippen LogP contribution in [0.15, 0.2) is 53.9 Å². The number of benzene rings is 1. The first-order valence-corrected chi connectivity index (χ1v) is 12.4. The molecular weight excluding hydrogens is 474 g/mol. The van der Waals surface area contributed by atoms with Crippen molar-refractivity contribution in [3.05, 3.63) is 65.2 Å². The number of H-pyrrole nitrogens is 1. The van der Waals surface area contributed by atoms with Gasteiger partial charge in [-0.15, -0.1) is 0 Å². The molecule has 11 heteroatoms. The Hall–Kier alpha value is -3.52. The molecule has 1 N–H and O–H groups in total. The summed E-state index contributed by atoms with van der Waals surface area (Å²) >= 11 is 6.14. The lowest BCUT2D eigenvalue weighted by Gasteiger charge is -2.34. The molecule has 1 aromatic carbocycles. The maximum absolute atomic E-state index is 13.0. The monoisotopic (exact) mass is 493 g/mol. The molecule has 0 radical (unpaired) electrons. The molecule has 5 rings (SSSR count). The van der Waals surface area contributed by atoms with E-state index in [4.69, 9.17) is 11.6 Å². The van der Waals surface area contributed by atoms with Gasteiger partial charge in [0.05, 0.1) is 21.5 Å². The van der Waals surface area contributed by atoms with Gasteiger partial charge in [-0.05, 0) is 36.8 Å². The number of nitrogens with zero attached hydrogens (tertiary/aromatic N) is 6. The minimum Gasteiger partial charge on any atom is -0.354 e. The molecular formula is C23H20ClN7O2S. The highest BCUT2D eigenvalue weighted by Crippen LogP contribution is 2.29. The number of sulfonamides is 1. The average Bonchev–Trinajstić information content (AvgIpc) is 3.29. The van der Waals surface area contributed by atoms with Crippen LogP contribution in [0.2, 0.25) is 5.02 Å². The van der Waals surface area contributed by atoms with Crippen LogP contribution >= 0.6 is 11.6 Å². The highest BCUT2D eigenvalue weighted by atomic mass is 35.5. The van der Waals surface area contributed by atoms with Crippen LogP contribution in [0.3, 0.4) is 0 Å². The summed E-state index contributed by atoms with van der Waals surface area (Å²) in [7, 11) is -3.61. The molecule has 4 heterocycles. The summed E-state index contributed by atoms with van der Waals surface area (Å²) in [6.07, 6.45) is 4.77.